The Balaban J connectivity index is 2.48. The summed E-state index contributed by atoms with van der Waals surface area (Å²) < 4.78 is 1.91. The van der Waals surface area contributed by atoms with E-state index < -0.39 is 5.41 Å². The Hall–Kier alpha value is -1.43. The van der Waals surface area contributed by atoms with Crippen molar-refractivity contribution >= 4 is 5.91 Å². The van der Waals surface area contributed by atoms with Crippen LogP contribution >= 0.6 is 0 Å². The van der Waals surface area contributed by atoms with Crippen molar-refractivity contribution in [3.8, 4) is 0 Å². The SMILES string of the molecule is Cc1nnc(CNCC(C)(C)C(N)=O)n1C. The van der Waals surface area contributed by atoms with Gasteiger partial charge in [-0.15, -0.1) is 10.2 Å². The fourth-order valence-electron chi connectivity index (χ4n) is 1.18. The van der Waals surface area contributed by atoms with Crippen molar-refractivity contribution in [1.29, 1.82) is 0 Å². The van der Waals surface area contributed by atoms with Gasteiger partial charge in [-0.05, 0) is 20.8 Å². The molecule has 1 rings (SSSR count). The second-order valence-corrected chi connectivity index (χ2v) is 4.57. The molecule has 0 aromatic carbocycles. The van der Waals surface area contributed by atoms with Crippen LogP contribution in [-0.2, 0) is 18.4 Å². The molecule has 6 nitrogen and oxygen atoms in total. The first-order valence-corrected chi connectivity index (χ1v) is 5.20. The van der Waals surface area contributed by atoms with Crippen LogP contribution in [0.2, 0.25) is 0 Å². The molecule has 0 radical (unpaired) electrons. The standard InChI is InChI=1S/C10H19N5O/c1-7-13-14-8(15(7)4)5-12-6-10(2,3)9(11)16/h12H,5-6H2,1-4H3,(H2,11,16). The normalized spacial score (nSPS) is 11.8. The van der Waals surface area contributed by atoms with Gasteiger partial charge in [0.25, 0.3) is 0 Å². The first kappa shape index (κ1) is 12.6. The summed E-state index contributed by atoms with van der Waals surface area (Å²) in [7, 11) is 1.91. The molecule has 1 heterocycles. The summed E-state index contributed by atoms with van der Waals surface area (Å²) >= 11 is 0. The van der Waals surface area contributed by atoms with E-state index in [-0.39, 0.29) is 5.91 Å². The number of carbonyl (C=O) groups is 1. The van der Waals surface area contributed by atoms with Crippen LogP contribution in [-0.4, -0.2) is 27.2 Å². The maximum absolute atomic E-state index is 11.1. The number of primary amides is 1. The van der Waals surface area contributed by atoms with E-state index >= 15 is 0 Å². The van der Waals surface area contributed by atoms with Crippen LogP contribution in [0.3, 0.4) is 0 Å². The number of nitrogens with two attached hydrogens (primary N) is 1. The largest absolute Gasteiger partial charge is 0.369 e. The van der Waals surface area contributed by atoms with Crippen LogP contribution in [0.25, 0.3) is 0 Å². The molecule has 1 amide bonds. The molecule has 0 atom stereocenters. The average molecular weight is 225 g/mol. The predicted molar refractivity (Wildman–Crippen MR) is 60.4 cm³/mol. The summed E-state index contributed by atoms with van der Waals surface area (Å²) in [6.45, 7) is 6.61. The lowest BCUT2D eigenvalue weighted by molar-refractivity contribution is -0.125. The quantitative estimate of drug-likeness (QED) is 0.722. The van der Waals surface area contributed by atoms with Gasteiger partial charge in [0.1, 0.15) is 11.6 Å². The Labute approximate surface area is 95.2 Å². The van der Waals surface area contributed by atoms with Crippen molar-refractivity contribution in [3.05, 3.63) is 11.6 Å². The van der Waals surface area contributed by atoms with Crippen LogP contribution in [0, 0.1) is 12.3 Å². The summed E-state index contributed by atoms with van der Waals surface area (Å²) in [4.78, 5) is 11.1. The van der Waals surface area contributed by atoms with Gasteiger partial charge in [-0.1, -0.05) is 0 Å². The Kier molecular flexibility index (Phi) is 3.64. The lowest BCUT2D eigenvalue weighted by atomic mass is 9.93. The summed E-state index contributed by atoms with van der Waals surface area (Å²) in [5, 5.41) is 11.1. The molecular formula is C10H19N5O. The maximum Gasteiger partial charge on any atom is 0.224 e. The molecule has 16 heavy (non-hydrogen) atoms. The van der Waals surface area contributed by atoms with E-state index in [1.165, 1.54) is 0 Å². The molecular weight excluding hydrogens is 206 g/mol. The highest BCUT2D eigenvalue weighted by Crippen LogP contribution is 2.12. The number of hydrogen-bond acceptors (Lipinski definition) is 4. The minimum Gasteiger partial charge on any atom is -0.369 e. The van der Waals surface area contributed by atoms with E-state index in [9.17, 15) is 4.79 Å². The second kappa shape index (κ2) is 4.61. The Morgan fingerprint density at radius 1 is 1.50 bits per heavy atom. The van der Waals surface area contributed by atoms with Crippen molar-refractivity contribution in [3.63, 3.8) is 0 Å². The van der Waals surface area contributed by atoms with Crippen LogP contribution < -0.4 is 11.1 Å². The van der Waals surface area contributed by atoms with Crippen molar-refractivity contribution in [2.45, 2.75) is 27.3 Å². The van der Waals surface area contributed by atoms with Gasteiger partial charge in [-0.2, -0.15) is 0 Å². The molecule has 0 saturated carbocycles. The predicted octanol–water partition coefficient (Wildman–Crippen LogP) is -0.275. The highest BCUT2D eigenvalue weighted by Gasteiger charge is 2.24. The highest BCUT2D eigenvalue weighted by molar-refractivity contribution is 5.80. The molecule has 0 spiro atoms. The van der Waals surface area contributed by atoms with E-state index in [4.69, 9.17) is 5.73 Å². The molecule has 0 aliphatic rings. The van der Waals surface area contributed by atoms with E-state index in [0.717, 1.165) is 11.6 Å². The number of aromatic nitrogens is 3. The van der Waals surface area contributed by atoms with Crippen LogP contribution in [0.5, 0.6) is 0 Å². The molecule has 1 aromatic rings. The molecule has 0 saturated heterocycles. The molecule has 0 fully saturated rings. The molecule has 0 bridgehead atoms. The second-order valence-electron chi connectivity index (χ2n) is 4.57. The van der Waals surface area contributed by atoms with Crippen molar-refractivity contribution in [2.75, 3.05) is 6.54 Å². The van der Waals surface area contributed by atoms with Gasteiger partial charge in [0.05, 0.1) is 12.0 Å². The van der Waals surface area contributed by atoms with Crippen molar-refractivity contribution in [2.24, 2.45) is 18.2 Å². The maximum atomic E-state index is 11.1. The number of aryl methyl sites for hydroxylation is 1. The molecule has 0 unspecified atom stereocenters. The number of amides is 1. The average Bonchev–Trinajstić information content (AvgIpc) is 2.49. The summed E-state index contributed by atoms with van der Waals surface area (Å²) in [6.07, 6.45) is 0. The summed E-state index contributed by atoms with van der Waals surface area (Å²) in [5.74, 6) is 1.40. The molecule has 90 valence electrons. The third-order valence-corrected chi connectivity index (χ3v) is 2.70. The monoisotopic (exact) mass is 225 g/mol. The first-order chi connectivity index (χ1) is 7.34. The minimum atomic E-state index is -0.548. The van der Waals surface area contributed by atoms with Gasteiger partial charge in [0.2, 0.25) is 5.91 Å². The van der Waals surface area contributed by atoms with E-state index in [0.29, 0.717) is 13.1 Å². The van der Waals surface area contributed by atoms with Gasteiger partial charge in [0.15, 0.2) is 0 Å². The van der Waals surface area contributed by atoms with Crippen LogP contribution in [0.1, 0.15) is 25.5 Å². The van der Waals surface area contributed by atoms with Gasteiger partial charge >= 0.3 is 0 Å². The molecule has 3 N–H and O–H groups in total. The van der Waals surface area contributed by atoms with E-state index in [1.54, 1.807) is 0 Å². The topological polar surface area (TPSA) is 85.8 Å². The zero-order valence-corrected chi connectivity index (χ0v) is 10.2. The van der Waals surface area contributed by atoms with E-state index in [2.05, 4.69) is 15.5 Å². The molecule has 0 aliphatic heterocycles. The zero-order valence-electron chi connectivity index (χ0n) is 10.2. The van der Waals surface area contributed by atoms with Gasteiger partial charge in [-0.3, -0.25) is 4.79 Å². The fourth-order valence-corrected chi connectivity index (χ4v) is 1.18. The third kappa shape index (κ3) is 2.79. The number of carbonyl (C=O) groups excluding carboxylic acids is 1. The fraction of sp³-hybridized carbons (Fsp3) is 0.700. The Bertz CT molecular complexity index is 383. The number of rotatable bonds is 5. The number of hydrogen-bond donors (Lipinski definition) is 2. The van der Waals surface area contributed by atoms with Crippen LogP contribution in [0.15, 0.2) is 0 Å². The smallest absolute Gasteiger partial charge is 0.224 e. The van der Waals surface area contributed by atoms with Gasteiger partial charge in [-0.25, -0.2) is 0 Å². The van der Waals surface area contributed by atoms with Crippen molar-refractivity contribution < 1.29 is 4.79 Å². The Morgan fingerprint density at radius 3 is 2.56 bits per heavy atom. The lowest BCUT2D eigenvalue weighted by Gasteiger charge is -2.20. The van der Waals surface area contributed by atoms with E-state index in [1.807, 2.05) is 32.4 Å². The molecule has 6 heteroatoms. The van der Waals surface area contributed by atoms with Crippen LogP contribution in [0.4, 0.5) is 0 Å². The first-order valence-electron chi connectivity index (χ1n) is 5.20. The summed E-state index contributed by atoms with van der Waals surface area (Å²) in [5.41, 5.74) is 4.72. The number of nitrogens with one attached hydrogen (secondary N) is 1. The summed E-state index contributed by atoms with van der Waals surface area (Å²) in [6, 6.07) is 0. The Morgan fingerprint density at radius 2 is 2.12 bits per heavy atom. The van der Waals surface area contributed by atoms with Gasteiger partial charge in [0, 0.05) is 13.6 Å². The third-order valence-electron chi connectivity index (χ3n) is 2.70. The zero-order chi connectivity index (χ0) is 12.3. The lowest BCUT2D eigenvalue weighted by Crippen LogP contribution is -2.40. The molecule has 0 aliphatic carbocycles. The number of nitrogens with zero attached hydrogens (tertiary/aromatic N) is 3. The van der Waals surface area contributed by atoms with Gasteiger partial charge < -0.3 is 15.6 Å². The van der Waals surface area contributed by atoms with Crippen molar-refractivity contribution in [1.82, 2.24) is 20.1 Å². The molecule has 1 aromatic heterocycles. The minimum absolute atomic E-state index is 0.311. The highest BCUT2D eigenvalue weighted by atomic mass is 16.1.